The van der Waals surface area contributed by atoms with Crippen LogP contribution in [0.3, 0.4) is 0 Å². The van der Waals surface area contributed by atoms with Crippen LogP contribution in [0.5, 0.6) is 0 Å². The number of hydrogen-bond acceptors (Lipinski definition) is 1. The lowest BCUT2D eigenvalue weighted by molar-refractivity contribution is -0.121. The van der Waals surface area contributed by atoms with E-state index in [-0.39, 0.29) is 10.7 Å². The van der Waals surface area contributed by atoms with Crippen molar-refractivity contribution in [1.29, 1.82) is 0 Å². The van der Waals surface area contributed by atoms with Crippen molar-refractivity contribution in [3.63, 3.8) is 0 Å². The van der Waals surface area contributed by atoms with Crippen LogP contribution < -0.4 is 5.32 Å². The minimum atomic E-state index is -0.0602. The molecular formula is C15H28BrNO. The second-order valence-electron chi connectivity index (χ2n) is 6.67. The van der Waals surface area contributed by atoms with Crippen LogP contribution in [-0.4, -0.2) is 17.3 Å². The quantitative estimate of drug-likeness (QED) is 0.733. The van der Waals surface area contributed by atoms with Gasteiger partial charge in [-0.25, -0.2) is 0 Å². The molecule has 2 nitrogen and oxygen atoms in total. The van der Waals surface area contributed by atoms with E-state index in [1.807, 2.05) is 0 Å². The summed E-state index contributed by atoms with van der Waals surface area (Å²) in [5.41, 5.74) is 0.369. The normalized spacial score (nSPS) is 20.4. The third kappa shape index (κ3) is 4.56. The topological polar surface area (TPSA) is 29.1 Å². The molecule has 18 heavy (non-hydrogen) atoms. The fourth-order valence-electron chi connectivity index (χ4n) is 3.12. The van der Waals surface area contributed by atoms with E-state index in [9.17, 15) is 4.79 Å². The van der Waals surface area contributed by atoms with Gasteiger partial charge in [0.05, 0.1) is 4.83 Å². The highest BCUT2D eigenvalue weighted by molar-refractivity contribution is 9.10. The van der Waals surface area contributed by atoms with Gasteiger partial charge in [0.15, 0.2) is 0 Å². The minimum absolute atomic E-state index is 0.0602. The van der Waals surface area contributed by atoms with Crippen LogP contribution in [0.2, 0.25) is 0 Å². The Hall–Kier alpha value is -0.0500. The molecule has 106 valence electrons. The second kappa shape index (κ2) is 6.93. The molecule has 0 bridgehead atoms. The lowest BCUT2D eigenvalue weighted by Gasteiger charge is -2.31. The molecule has 1 aliphatic rings. The van der Waals surface area contributed by atoms with E-state index in [1.54, 1.807) is 0 Å². The van der Waals surface area contributed by atoms with E-state index in [0.29, 0.717) is 17.3 Å². The number of carbonyl (C=O) groups excluding carboxylic acids is 1. The van der Waals surface area contributed by atoms with E-state index in [4.69, 9.17) is 0 Å². The summed E-state index contributed by atoms with van der Waals surface area (Å²) in [5, 5.41) is 3.17. The molecule has 0 aromatic heterocycles. The first-order valence-corrected chi connectivity index (χ1v) is 8.20. The van der Waals surface area contributed by atoms with Crippen LogP contribution in [0.1, 0.15) is 59.8 Å². The molecule has 1 aliphatic carbocycles. The van der Waals surface area contributed by atoms with Crippen LogP contribution in [0.15, 0.2) is 0 Å². The maximum Gasteiger partial charge on any atom is 0.234 e. The summed E-state index contributed by atoms with van der Waals surface area (Å²) in [7, 11) is 0. The Balaban J connectivity index is 2.50. The molecule has 0 aromatic rings. The fourth-order valence-corrected chi connectivity index (χ4v) is 3.28. The monoisotopic (exact) mass is 317 g/mol. The number of nitrogens with one attached hydrogen (secondary N) is 1. The third-order valence-corrected chi connectivity index (χ3v) is 5.45. The van der Waals surface area contributed by atoms with E-state index in [0.717, 1.165) is 6.54 Å². The predicted octanol–water partition coefficient (Wildman–Crippen LogP) is 4.13. The number of hydrogen-bond donors (Lipinski definition) is 1. The van der Waals surface area contributed by atoms with Gasteiger partial charge in [-0.3, -0.25) is 4.79 Å². The minimum Gasteiger partial charge on any atom is -0.355 e. The summed E-state index contributed by atoms with van der Waals surface area (Å²) in [6, 6.07) is 0. The molecule has 1 fully saturated rings. The first-order chi connectivity index (χ1) is 8.36. The average Bonchev–Trinajstić information content (AvgIpc) is 2.72. The van der Waals surface area contributed by atoms with Gasteiger partial charge in [-0.05, 0) is 36.5 Å². The number of rotatable bonds is 6. The molecule has 1 N–H and O–H groups in total. The van der Waals surface area contributed by atoms with Gasteiger partial charge in [0.2, 0.25) is 5.91 Å². The molecule has 0 spiro atoms. The largest absolute Gasteiger partial charge is 0.355 e. The molecule has 1 atom stereocenters. The van der Waals surface area contributed by atoms with Crippen LogP contribution in [0.4, 0.5) is 0 Å². The molecular weight excluding hydrogens is 290 g/mol. The van der Waals surface area contributed by atoms with Crippen LogP contribution in [0.25, 0.3) is 0 Å². The molecule has 0 saturated heterocycles. The smallest absolute Gasteiger partial charge is 0.234 e. The predicted molar refractivity (Wildman–Crippen MR) is 80.9 cm³/mol. The van der Waals surface area contributed by atoms with Gasteiger partial charge in [0.25, 0.3) is 0 Å². The second-order valence-corrected chi connectivity index (χ2v) is 7.66. The molecule has 1 saturated carbocycles. The summed E-state index contributed by atoms with van der Waals surface area (Å²) in [6.07, 6.45) is 6.44. The van der Waals surface area contributed by atoms with E-state index in [2.05, 4.69) is 48.9 Å². The number of amides is 1. The van der Waals surface area contributed by atoms with Crippen molar-refractivity contribution in [3.05, 3.63) is 0 Å². The third-order valence-electron chi connectivity index (χ3n) is 3.98. The van der Waals surface area contributed by atoms with Crippen molar-refractivity contribution >= 4 is 21.8 Å². The molecule has 1 unspecified atom stereocenters. The van der Waals surface area contributed by atoms with Gasteiger partial charge in [-0.15, -0.1) is 0 Å². The van der Waals surface area contributed by atoms with Gasteiger partial charge >= 0.3 is 0 Å². The van der Waals surface area contributed by atoms with Gasteiger partial charge in [0, 0.05) is 6.54 Å². The molecule has 1 rings (SSSR count). The lowest BCUT2D eigenvalue weighted by atomic mass is 9.78. The zero-order valence-electron chi connectivity index (χ0n) is 12.3. The Kier molecular flexibility index (Phi) is 6.16. The number of carbonyl (C=O) groups is 1. The van der Waals surface area contributed by atoms with Crippen molar-refractivity contribution < 1.29 is 4.79 Å². The van der Waals surface area contributed by atoms with Gasteiger partial charge in [-0.1, -0.05) is 56.5 Å². The van der Waals surface area contributed by atoms with Crippen molar-refractivity contribution in [1.82, 2.24) is 5.32 Å². The zero-order valence-corrected chi connectivity index (χ0v) is 13.8. The van der Waals surface area contributed by atoms with E-state index < -0.39 is 0 Å². The Labute approximate surface area is 120 Å². The highest BCUT2D eigenvalue weighted by Gasteiger charge is 2.35. The lowest BCUT2D eigenvalue weighted by Crippen LogP contribution is -2.41. The van der Waals surface area contributed by atoms with Crippen LogP contribution in [0, 0.1) is 17.3 Å². The van der Waals surface area contributed by atoms with Gasteiger partial charge in [-0.2, -0.15) is 0 Å². The first-order valence-electron chi connectivity index (χ1n) is 7.28. The van der Waals surface area contributed by atoms with Crippen LogP contribution in [-0.2, 0) is 4.79 Å². The Morgan fingerprint density at radius 2 is 1.78 bits per heavy atom. The maximum atomic E-state index is 12.0. The van der Waals surface area contributed by atoms with Gasteiger partial charge in [0.1, 0.15) is 0 Å². The standard InChI is InChI=1S/C15H28BrNO/c1-11(2)9-15(7-5-6-8-15)10-17-14(18)13(16)12(3)4/h11-13H,5-10H2,1-4H3,(H,17,18). The summed E-state index contributed by atoms with van der Waals surface area (Å²) in [4.78, 5) is 12.0. The van der Waals surface area contributed by atoms with Gasteiger partial charge < -0.3 is 5.32 Å². The Bertz CT molecular complexity index is 270. The number of halogens is 1. The SMILES string of the molecule is CC(C)CC1(CNC(=O)C(Br)C(C)C)CCCC1. The highest BCUT2D eigenvalue weighted by Crippen LogP contribution is 2.42. The van der Waals surface area contributed by atoms with Crippen molar-refractivity contribution in [2.75, 3.05) is 6.54 Å². The highest BCUT2D eigenvalue weighted by atomic mass is 79.9. The number of alkyl halides is 1. The van der Waals surface area contributed by atoms with E-state index in [1.165, 1.54) is 32.1 Å². The summed E-state index contributed by atoms with van der Waals surface area (Å²) >= 11 is 3.47. The molecule has 0 heterocycles. The molecule has 0 aliphatic heterocycles. The molecule has 0 radical (unpaired) electrons. The zero-order chi connectivity index (χ0) is 13.8. The molecule has 0 aromatic carbocycles. The van der Waals surface area contributed by atoms with E-state index >= 15 is 0 Å². The maximum absolute atomic E-state index is 12.0. The summed E-state index contributed by atoms with van der Waals surface area (Å²) < 4.78 is 0. The summed E-state index contributed by atoms with van der Waals surface area (Å²) in [6.45, 7) is 9.56. The van der Waals surface area contributed by atoms with Crippen LogP contribution >= 0.6 is 15.9 Å². The first kappa shape index (κ1) is 16.0. The average molecular weight is 318 g/mol. The molecule has 1 amide bonds. The van der Waals surface area contributed by atoms with Crippen molar-refractivity contribution in [2.45, 2.75) is 64.6 Å². The Morgan fingerprint density at radius 1 is 1.22 bits per heavy atom. The fraction of sp³-hybridized carbons (Fsp3) is 0.933. The van der Waals surface area contributed by atoms with Crippen molar-refractivity contribution in [2.24, 2.45) is 17.3 Å². The summed E-state index contributed by atoms with van der Waals surface area (Å²) in [5.74, 6) is 1.21. The van der Waals surface area contributed by atoms with Crippen molar-refractivity contribution in [3.8, 4) is 0 Å². The Morgan fingerprint density at radius 3 is 2.22 bits per heavy atom. The molecule has 3 heteroatoms.